The number of thioether (sulfide) groups is 2. The molecular formula is C18H20BrNOS2. The van der Waals surface area contributed by atoms with Crippen molar-refractivity contribution < 1.29 is 4.79 Å². The number of hydrogen-bond acceptors (Lipinski definition) is 3. The molecule has 0 unspecified atom stereocenters. The number of halogens is 1. The zero-order chi connectivity index (χ0) is 16.5. The van der Waals surface area contributed by atoms with Gasteiger partial charge in [0.15, 0.2) is 0 Å². The van der Waals surface area contributed by atoms with Crippen LogP contribution in [0.15, 0.2) is 57.9 Å². The molecule has 0 aliphatic heterocycles. The smallest absolute Gasteiger partial charge is 0.230 e. The molecule has 5 heteroatoms. The van der Waals surface area contributed by atoms with E-state index in [1.807, 2.05) is 12.1 Å². The van der Waals surface area contributed by atoms with Crippen molar-refractivity contribution in [3.8, 4) is 0 Å². The van der Waals surface area contributed by atoms with Crippen LogP contribution in [0.3, 0.4) is 0 Å². The molecule has 0 aliphatic rings. The van der Waals surface area contributed by atoms with Crippen LogP contribution < -0.4 is 5.32 Å². The number of aryl methyl sites for hydroxylation is 1. The number of rotatable bonds is 8. The van der Waals surface area contributed by atoms with Crippen LogP contribution in [0.4, 0.5) is 0 Å². The summed E-state index contributed by atoms with van der Waals surface area (Å²) in [6.45, 7) is 2.79. The third kappa shape index (κ3) is 7.46. The maximum Gasteiger partial charge on any atom is 0.230 e. The van der Waals surface area contributed by atoms with E-state index in [-0.39, 0.29) is 5.91 Å². The Bertz CT molecular complexity index is 631. The largest absolute Gasteiger partial charge is 0.355 e. The fourth-order valence-electron chi connectivity index (χ4n) is 1.93. The maximum atomic E-state index is 11.8. The first-order valence-electron chi connectivity index (χ1n) is 7.42. The topological polar surface area (TPSA) is 29.1 Å². The Kier molecular flexibility index (Phi) is 8.06. The highest BCUT2D eigenvalue weighted by Crippen LogP contribution is 2.18. The van der Waals surface area contributed by atoms with Crippen molar-refractivity contribution in [1.29, 1.82) is 0 Å². The molecule has 1 N–H and O–H groups in total. The van der Waals surface area contributed by atoms with Crippen LogP contribution in [0.5, 0.6) is 0 Å². The highest BCUT2D eigenvalue weighted by Gasteiger charge is 2.02. The number of carbonyl (C=O) groups is 1. The molecule has 2 aromatic carbocycles. The standard InChI is InChI=1S/C18H20BrNOS2/c1-14-5-7-17(8-6-14)23-10-9-20-18(21)13-22-12-15-3-2-4-16(19)11-15/h2-8,11H,9-10,12-13H2,1H3,(H,20,21). The summed E-state index contributed by atoms with van der Waals surface area (Å²) in [7, 11) is 0. The minimum Gasteiger partial charge on any atom is -0.355 e. The molecule has 0 aliphatic carbocycles. The Balaban J connectivity index is 1.57. The zero-order valence-corrected chi connectivity index (χ0v) is 16.3. The van der Waals surface area contributed by atoms with Gasteiger partial charge in [-0.1, -0.05) is 45.8 Å². The molecule has 0 radical (unpaired) electrons. The summed E-state index contributed by atoms with van der Waals surface area (Å²) in [4.78, 5) is 13.1. The van der Waals surface area contributed by atoms with Gasteiger partial charge in [0.25, 0.3) is 0 Å². The summed E-state index contributed by atoms with van der Waals surface area (Å²) in [5.74, 6) is 2.35. The second-order valence-corrected chi connectivity index (χ2v) is 8.20. The summed E-state index contributed by atoms with van der Waals surface area (Å²) >= 11 is 6.86. The van der Waals surface area contributed by atoms with Gasteiger partial charge in [-0.3, -0.25) is 4.79 Å². The quantitative estimate of drug-likeness (QED) is 0.496. The molecule has 122 valence electrons. The van der Waals surface area contributed by atoms with Crippen molar-refractivity contribution in [2.45, 2.75) is 17.6 Å². The van der Waals surface area contributed by atoms with E-state index in [4.69, 9.17) is 0 Å². The average molecular weight is 410 g/mol. The molecule has 1 amide bonds. The van der Waals surface area contributed by atoms with Gasteiger partial charge in [-0.15, -0.1) is 23.5 Å². The minimum atomic E-state index is 0.106. The number of amides is 1. The summed E-state index contributed by atoms with van der Waals surface area (Å²) in [6, 6.07) is 16.6. The zero-order valence-electron chi connectivity index (χ0n) is 13.0. The van der Waals surface area contributed by atoms with Crippen molar-refractivity contribution in [3.63, 3.8) is 0 Å². The third-order valence-corrected chi connectivity index (χ3v) is 5.62. The van der Waals surface area contributed by atoms with Gasteiger partial charge in [0, 0.05) is 27.4 Å². The van der Waals surface area contributed by atoms with E-state index < -0.39 is 0 Å². The van der Waals surface area contributed by atoms with E-state index in [0.717, 1.165) is 16.0 Å². The van der Waals surface area contributed by atoms with E-state index >= 15 is 0 Å². The lowest BCUT2D eigenvalue weighted by atomic mass is 10.2. The first-order chi connectivity index (χ1) is 11.1. The number of benzene rings is 2. The Morgan fingerprint density at radius 2 is 1.96 bits per heavy atom. The molecule has 0 heterocycles. The fraction of sp³-hybridized carbons (Fsp3) is 0.278. The van der Waals surface area contributed by atoms with Gasteiger partial charge in [0.2, 0.25) is 5.91 Å². The predicted octanol–water partition coefficient (Wildman–Crippen LogP) is 4.90. The second kappa shape index (κ2) is 10.1. The molecule has 0 aromatic heterocycles. The van der Waals surface area contributed by atoms with Gasteiger partial charge in [-0.25, -0.2) is 0 Å². The minimum absolute atomic E-state index is 0.106. The van der Waals surface area contributed by atoms with E-state index in [0.29, 0.717) is 12.3 Å². The van der Waals surface area contributed by atoms with Gasteiger partial charge >= 0.3 is 0 Å². The fourth-order valence-corrected chi connectivity index (χ4v) is 3.95. The van der Waals surface area contributed by atoms with Crippen LogP contribution in [0.1, 0.15) is 11.1 Å². The van der Waals surface area contributed by atoms with Crippen LogP contribution in [0, 0.1) is 6.92 Å². The van der Waals surface area contributed by atoms with Crippen LogP contribution in [0.25, 0.3) is 0 Å². The van der Waals surface area contributed by atoms with E-state index in [1.165, 1.54) is 16.0 Å². The average Bonchev–Trinajstić information content (AvgIpc) is 2.53. The number of hydrogen-bond donors (Lipinski definition) is 1. The lowest BCUT2D eigenvalue weighted by Crippen LogP contribution is -2.27. The maximum absolute atomic E-state index is 11.8. The van der Waals surface area contributed by atoms with Crippen molar-refractivity contribution in [1.82, 2.24) is 5.32 Å². The number of nitrogens with one attached hydrogen (secondary N) is 1. The normalized spacial score (nSPS) is 10.5. The van der Waals surface area contributed by atoms with Crippen LogP contribution >= 0.6 is 39.5 Å². The van der Waals surface area contributed by atoms with Gasteiger partial charge in [-0.2, -0.15) is 0 Å². The second-order valence-electron chi connectivity index (χ2n) is 5.13. The van der Waals surface area contributed by atoms with E-state index in [1.54, 1.807) is 23.5 Å². The Morgan fingerprint density at radius 3 is 2.70 bits per heavy atom. The molecular weight excluding hydrogens is 390 g/mol. The Morgan fingerprint density at radius 1 is 1.17 bits per heavy atom. The van der Waals surface area contributed by atoms with Gasteiger partial charge < -0.3 is 5.32 Å². The molecule has 0 spiro atoms. The highest BCUT2D eigenvalue weighted by atomic mass is 79.9. The highest BCUT2D eigenvalue weighted by molar-refractivity contribution is 9.10. The van der Waals surface area contributed by atoms with E-state index in [2.05, 4.69) is 64.6 Å². The molecule has 2 aromatic rings. The van der Waals surface area contributed by atoms with Crippen molar-refractivity contribution in [3.05, 3.63) is 64.1 Å². The summed E-state index contributed by atoms with van der Waals surface area (Å²) in [5, 5.41) is 2.97. The summed E-state index contributed by atoms with van der Waals surface area (Å²) in [5.41, 5.74) is 2.50. The first kappa shape index (κ1) is 18.4. The van der Waals surface area contributed by atoms with Crippen LogP contribution in [0.2, 0.25) is 0 Å². The molecule has 2 rings (SSSR count). The van der Waals surface area contributed by atoms with Gasteiger partial charge in [0.1, 0.15) is 0 Å². The predicted molar refractivity (Wildman–Crippen MR) is 105 cm³/mol. The van der Waals surface area contributed by atoms with Crippen molar-refractivity contribution in [2.24, 2.45) is 0 Å². The van der Waals surface area contributed by atoms with Crippen molar-refractivity contribution >= 4 is 45.4 Å². The summed E-state index contributed by atoms with van der Waals surface area (Å²) in [6.07, 6.45) is 0. The SMILES string of the molecule is Cc1ccc(SCCNC(=O)CSCc2cccc(Br)c2)cc1. The molecule has 2 nitrogen and oxygen atoms in total. The van der Waals surface area contributed by atoms with E-state index in [9.17, 15) is 4.79 Å². The molecule has 0 fully saturated rings. The third-order valence-electron chi connectivity index (χ3n) is 3.10. The lowest BCUT2D eigenvalue weighted by Gasteiger charge is -2.06. The number of carbonyl (C=O) groups excluding carboxylic acids is 1. The van der Waals surface area contributed by atoms with Crippen molar-refractivity contribution in [2.75, 3.05) is 18.1 Å². The molecule has 0 atom stereocenters. The monoisotopic (exact) mass is 409 g/mol. The summed E-state index contributed by atoms with van der Waals surface area (Å²) < 4.78 is 1.08. The molecule has 23 heavy (non-hydrogen) atoms. The molecule has 0 saturated heterocycles. The lowest BCUT2D eigenvalue weighted by molar-refractivity contribution is -0.118. The van der Waals surface area contributed by atoms with Gasteiger partial charge in [-0.05, 0) is 36.8 Å². The molecule has 0 saturated carbocycles. The van der Waals surface area contributed by atoms with Gasteiger partial charge in [0.05, 0.1) is 5.75 Å². The first-order valence-corrected chi connectivity index (χ1v) is 10.3. The molecule has 0 bridgehead atoms. The Hall–Kier alpha value is -0.910. The van der Waals surface area contributed by atoms with Crippen LogP contribution in [-0.4, -0.2) is 24.0 Å². The Labute approximate surface area is 155 Å². The van der Waals surface area contributed by atoms with Crippen LogP contribution in [-0.2, 0) is 10.5 Å².